The summed E-state index contributed by atoms with van der Waals surface area (Å²) in [5, 5.41) is 4.61. The average Bonchev–Trinajstić information content (AvgIpc) is 3.00. The number of anilines is 1. The van der Waals surface area contributed by atoms with Gasteiger partial charge < -0.3 is 10.1 Å². The molecule has 1 N–H and O–H groups in total. The van der Waals surface area contributed by atoms with Gasteiger partial charge in [-0.25, -0.2) is 8.42 Å². The van der Waals surface area contributed by atoms with Crippen molar-refractivity contribution in [2.24, 2.45) is 0 Å². The number of sulfonamides is 1. The molecule has 6 nitrogen and oxygen atoms in total. The number of carbonyl (C=O) groups is 1. The number of aryl methyl sites for hydroxylation is 1. The maximum absolute atomic E-state index is 13.0. The number of amides is 1. The summed E-state index contributed by atoms with van der Waals surface area (Å²) in [6.07, 6.45) is 2.37. The molecular formula is C24H26N2O4S. The second kappa shape index (κ2) is 8.98. The molecule has 1 heterocycles. The van der Waals surface area contributed by atoms with Crippen LogP contribution < -0.4 is 14.4 Å². The summed E-state index contributed by atoms with van der Waals surface area (Å²) >= 11 is 0. The minimum absolute atomic E-state index is 0.0626. The molecule has 0 fully saturated rings. The highest BCUT2D eigenvalue weighted by molar-refractivity contribution is 7.93. The molecule has 7 heteroatoms. The van der Waals surface area contributed by atoms with Crippen molar-refractivity contribution in [1.82, 2.24) is 5.32 Å². The van der Waals surface area contributed by atoms with Gasteiger partial charge in [0.25, 0.3) is 10.0 Å². The lowest BCUT2D eigenvalue weighted by molar-refractivity contribution is -0.121. The van der Waals surface area contributed by atoms with Crippen LogP contribution in [0.1, 0.15) is 24.8 Å². The standard InChI is InChI=1S/C24H26N2O4S/c1-30-21-13-3-2-8-18(21)11-6-16-25-23(27)15-7-17-26-20-12-4-9-19-10-5-14-22(24(19)20)31(26,28)29/h2-5,8-10,12-14H,6-7,11,15-17H2,1H3,(H,25,27). The third-order valence-corrected chi connectivity index (χ3v) is 7.44. The van der Waals surface area contributed by atoms with Crippen LogP contribution in [0.25, 0.3) is 10.8 Å². The quantitative estimate of drug-likeness (QED) is 0.515. The van der Waals surface area contributed by atoms with E-state index in [9.17, 15) is 13.2 Å². The first kappa shape index (κ1) is 21.2. The van der Waals surface area contributed by atoms with E-state index in [1.165, 1.54) is 4.31 Å². The van der Waals surface area contributed by atoms with Crippen LogP contribution in [-0.4, -0.2) is 34.5 Å². The summed E-state index contributed by atoms with van der Waals surface area (Å²) in [6.45, 7) is 0.856. The molecule has 0 aromatic heterocycles. The molecule has 4 rings (SSSR count). The zero-order chi connectivity index (χ0) is 21.8. The minimum atomic E-state index is -3.56. The summed E-state index contributed by atoms with van der Waals surface area (Å²) in [7, 11) is -1.91. The highest BCUT2D eigenvalue weighted by atomic mass is 32.2. The summed E-state index contributed by atoms with van der Waals surface area (Å²) in [6, 6.07) is 18.8. The van der Waals surface area contributed by atoms with Crippen LogP contribution >= 0.6 is 0 Å². The first-order chi connectivity index (χ1) is 15.0. The summed E-state index contributed by atoms with van der Waals surface area (Å²) in [5.74, 6) is 0.795. The molecule has 0 saturated heterocycles. The highest BCUT2D eigenvalue weighted by Crippen LogP contribution is 2.41. The Hall–Kier alpha value is -3.06. The molecule has 0 atom stereocenters. The Balaban J connectivity index is 1.27. The predicted molar refractivity (Wildman–Crippen MR) is 122 cm³/mol. The first-order valence-corrected chi connectivity index (χ1v) is 11.9. The monoisotopic (exact) mass is 438 g/mol. The van der Waals surface area contributed by atoms with Crippen molar-refractivity contribution in [3.8, 4) is 5.75 Å². The molecule has 0 spiro atoms. The number of ether oxygens (including phenoxy) is 1. The van der Waals surface area contributed by atoms with Crippen molar-refractivity contribution in [1.29, 1.82) is 0 Å². The van der Waals surface area contributed by atoms with E-state index >= 15 is 0 Å². The number of nitrogens with zero attached hydrogens (tertiary/aromatic N) is 1. The number of para-hydroxylation sites is 1. The number of carbonyl (C=O) groups excluding carboxylic acids is 1. The largest absolute Gasteiger partial charge is 0.496 e. The fraction of sp³-hybridized carbons (Fsp3) is 0.292. The van der Waals surface area contributed by atoms with E-state index in [1.54, 1.807) is 19.2 Å². The van der Waals surface area contributed by atoms with Crippen molar-refractivity contribution < 1.29 is 17.9 Å². The first-order valence-electron chi connectivity index (χ1n) is 10.5. The smallest absolute Gasteiger partial charge is 0.265 e. The van der Waals surface area contributed by atoms with Crippen molar-refractivity contribution in [2.75, 3.05) is 24.5 Å². The van der Waals surface area contributed by atoms with Crippen molar-refractivity contribution in [3.63, 3.8) is 0 Å². The maximum atomic E-state index is 13.0. The number of hydrogen-bond donors (Lipinski definition) is 1. The molecule has 0 unspecified atom stereocenters. The van der Waals surface area contributed by atoms with Gasteiger partial charge in [0, 0.05) is 24.9 Å². The fourth-order valence-corrected chi connectivity index (χ4v) is 5.84. The molecular weight excluding hydrogens is 412 g/mol. The van der Waals surface area contributed by atoms with Gasteiger partial charge in [0.2, 0.25) is 5.91 Å². The molecule has 0 saturated carbocycles. The van der Waals surface area contributed by atoms with E-state index in [2.05, 4.69) is 5.32 Å². The Morgan fingerprint density at radius 1 is 1.00 bits per heavy atom. The van der Waals surface area contributed by atoms with Gasteiger partial charge in [-0.05, 0) is 48.4 Å². The lowest BCUT2D eigenvalue weighted by Gasteiger charge is -2.18. The van der Waals surface area contributed by atoms with Crippen molar-refractivity contribution in [3.05, 3.63) is 66.2 Å². The molecule has 0 bridgehead atoms. The summed E-state index contributed by atoms with van der Waals surface area (Å²) < 4.78 is 32.7. The van der Waals surface area contributed by atoms with E-state index in [1.807, 2.05) is 48.5 Å². The molecule has 3 aromatic carbocycles. The third kappa shape index (κ3) is 4.23. The molecule has 1 aliphatic rings. The fourth-order valence-electron chi connectivity index (χ4n) is 4.09. The number of benzene rings is 3. The Morgan fingerprint density at radius 2 is 1.77 bits per heavy atom. The van der Waals surface area contributed by atoms with Crippen LogP contribution in [0, 0.1) is 0 Å². The molecule has 31 heavy (non-hydrogen) atoms. The van der Waals surface area contributed by atoms with Gasteiger partial charge in [0.05, 0.1) is 17.7 Å². The van der Waals surface area contributed by atoms with Gasteiger partial charge in [-0.15, -0.1) is 0 Å². The molecule has 1 aliphatic heterocycles. The number of hydrogen-bond acceptors (Lipinski definition) is 4. The highest BCUT2D eigenvalue weighted by Gasteiger charge is 2.34. The van der Waals surface area contributed by atoms with E-state index in [0.29, 0.717) is 23.5 Å². The van der Waals surface area contributed by atoms with E-state index < -0.39 is 10.0 Å². The van der Waals surface area contributed by atoms with Crippen molar-refractivity contribution in [2.45, 2.75) is 30.6 Å². The second-order valence-electron chi connectivity index (χ2n) is 7.58. The molecule has 3 aromatic rings. The molecule has 0 aliphatic carbocycles. The predicted octanol–water partition coefficient (Wildman–Crippen LogP) is 3.89. The SMILES string of the molecule is COc1ccccc1CCCNC(=O)CCCN1c2cccc3cccc(c23)S1(=O)=O. The molecule has 1 amide bonds. The van der Waals surface area contributed by atoms with Gasteiger partial charge in [-0.3, -0.25) is 9.10 Å². The third-order valence-electron chi connectivity index (χ3n) is 5.58. The zero-order valence-electron chi connectivity index (χ0n) is 17.5. The average molecular weight is 439 g/mol. The normalized spacial score (nSPS) is 14.0. The molecule has 162 valence electrons. The molecule has 0 radical (unpaired) electrons. The lowest BCUT2D eigenvalue weighted by Crippen LogP contribution is -2.30. The summed E-state index contributed by atoms with van der Waals surface area (Å²) in [4.78, 5) is 12.6. The minimum Gasteiger partial charge on any atom is -0.496 e. The van der Waals surface area contributed by atoms with E-state index in [0.717, 1.165) is 34.9 Å². The van der Waals surface area contributed by atoms with Gasteiger partial charge in [-0.2, -0.15) is 0 Å². The Bertz CT molecular complexity index is 1200. The number of methoxy groups -OCH3 is 1. The summed E-state index contributed by atoms with van der Waals surface area (Å²) in [5.41, 5.74) is 1.82. The second-order valence-corrected chi connectivity index (χ2v) is 9.41. The van der Waals surface area contributed by atoms with Crippen LogP contribution in [0.2, 0.25) is 0 Å². The Morgan fingerprint density at radius 3 is 2.58 bits per heavy atom. The van der Waals surface area contributed by atoms with Crippen LogP contribution in [0.5, 0.6) is 5.75 Å². The van der Waals surface area contributed by atoms with Gasteiger partial charge in [0.15, 0.2) is 0 Å². The van der Waals surface area contributed by atoms with Crippen LogP contribution in [0.15, 0.2) is 65.6 Å². The topological polar surface area (TPSA) is 75.7 Å². The maximum Gasteiger partial charge on any atom is 0.265 e. The van der Waals surface area contributed by atoms with Crippen molar-refractivity contribution >= 4 is 32.4 Å². The van der Waals surface area contributed by atoms with Gasteiger partial charge in [0.1, 0.15) is 5.75 Å². The lowest BCUT2D eigenvalue weighted by atomic mass is 10.1. The van der Waals surface area contributed by atoms with E-state index in [-0.39, 0.29) is 18.9 Å². The van der Waals surface area contributed by atoms with E-state index in [4.69, 9.17) is 4.74 Å². The number of rotatable bonds is 9. The zero-order valence-corrected chi connectivity index (χ0v) is 18.3. The van der Waals surface area contributed by atoms with Crippen LogP contribution in [-0.2, 0) is 21.2 Å². The van der Waals surface area contributed by atoms with Crippen LogP contribution in [0.3, 0.4) is 0 Å². The van der Waals surface area contributed by atoms with Crippen LogP contribution in [0.4, 0.5) is 5.69 Å². The van der Waals surface area contributed by atoms with Gasteiger partial charge >= 0.3 is 0 Å². The Labute approximate surface area is 182 Å². The Kier molecular flexibility index (Phi) is 6.13. The number of nitrogens with one attached hydrogen (secondary N) is 1. The van der Waals surface area contributed by atoms with Gasteiger partial charge in [-0.1, -0.05) is 42.5 Å².